The van der Waals surface area contributed by atoms with Gasteiger partial charge in [0.1, 0.15) is 23.4 Å². The zero-order valence-electron chi connectivity index (χ0n) is 21.4. The van der Waals surface area contributed by atoms with Crippen molar-refractivity contribution in [3.63, 3.8) is 0 Å². The largest absolute Gasteiger partial charge is 0.457 e. The van der Waals surface area contributed by atoms with Crippen LogP contribution in [0, 0.1) is 11.3 Å². The third kappa shape index (κ3) is 8.21. The number of amidine groups is 1. The Hall–Kier alpha value is -4.10. The van der Waals surface area contributed by atoms with Gasteiger partial charge in [0.25, 0.3) is 5.91 Å². The normalized spacial score (nSPS) is 16.4. The van der Waals surface area contributed by atoms with Gasteiger partial charge in [-0.25, -0.2) is 0 Å². The average Bonchev–Trinajstić information content (AvgIpc) is 3.59. The van der Waals surface area contributed by atoms with Crippen LogP contribution in [0.4, 0.5) is 13.2 Å². The van der Waals surface area contributed by atoms with Crippen LogP contribution in [-0.2, 0) is 16.1 Å². The number of carbonyl (C=O) groups excluding carboxylic acids is 3. The fourth-order valence-corrected chi connectivity index (χ4v) is 4.99. The Labute approximate surface area is 243 Å². The number of carbonyl (C=O) groups is 3. The predicted molar refractivity (Wildman–Crippen MR) is 149 cm³/mol. The van der Waals surface area contributed by atoms with Gasteiger partial charge < -0.3 is 26.0 Å². The molecule has 0 unspecified atom stereocenters. The maximum Gasteiger partial charge on any atom is 0.393 e. The zero-order valence-corrected chi connectivity index (χ0v) is 23.1. The van der Waals surface area contributed by atoms with Gasteiger partial charge in [0.2, 0.25) is 11.8 Å². The summed E-state index contributed by atoms with van der Waals surface area (Å²) in [6.45, 7) is -1.26. The second kappa shape index (κ2) is 13.5. The van der Waals surface area contributed by atoms with Crippen LogP contribution in [0.5, 0.6) is 11.5 Å². The number of rotatable bonds is 9. The van der Waals surface area contributed by atoms with E-state index in [0.29, 0.717) is 21.9 Å². The quantitative estimate of drug-likeness (QED) is 0.214. The number of nitrogens with zero attached hydrogens (tertiary/aromatic N) is 1. The number of alkyl halides is 3. The number of hydrogen-bond donors (Lipinski definition) is 4. The summed E-state index contributed by atoms with van der Waals surface area (Å²) in [5.41, 5.74) is 6.12. The first-order chi connectivity index (χ1) is 19.0. The molecule has 0 spiro atoms. The fourth-order valence-electron chi connectivity index (χ4n) is 4.16. The lowest BCUT2D eigenvalue weighted by atomic mass is 10.0. The SMILES string of the molecule is Cl.N=C(N)c1csc(CNC(=O)[C@@H]2C[C@@H](C(F)(F)F)CN2C(=O)CNC(=O)c2ccc(Oc3ccccc3)cc2)c1. The van der Waals surface area contributed by atoms with Crippen molar-refractivity contribution in [1.29, 1.82) is 5.41 Å². The van der Waals surface area contributed by atoms with Crippen molar-refractivity contribution < 1.29 is 32.3 Å². The summed E-state index contributed by atoms with van der Waals surface area (Å²) in [7, 11) is 0. The lowest BCUT2D eigenvalue weighted by Crippen LogP contribution is -2.48. The fraction of sp³-hybridized carbons (Fsp3) is 0.259. The van der Waals surface area contributed by atoms with E-state index in [-0.39, 0.29) is 30.4 Å². The summed E-state index contributed by atoms with van der Waals surface area (Å²) in [4.78, 5) is 39.8. The molecule has 9 nitrogen and oxygen atoms in total. The molecule has 2 aromatic carbocycles. The third-order valence-corrected chi connectivity index (χ3v) is 7.22. The number of likely N-dealkylation sites (tertiary alicyclic amines) is 1. The standard InChI is InChI=1S/C27H26F3N5O4S.ClH/c28-27(29,30)18-11-22(26(38)33-12-21-10-17(15-40-21)24(31)32)35(14-18)23(36)13-34-25(37)16-6-8-20(9-7-16)39-19-4-2-1-3-5-19;/h1-10,15,18,22H,11-14H2,(H3,31,32)(H,33,38)(H,34,37);1H/t18-,22+;/m1./s1. The van der Waals surface area contributed by atoms with E-state index in [1.54, 1.807) is 35.7 Å². The first-order valence-electron chi connectivity index (χ1n) is 12.2. The highest BCUT2D eigenvalue weighted by Crippen LogP contribution is 2.36. The van der Waals surface area contributed by atoms with E-state index >= 15 is 0 Å². The molecule has 2 heterocycles. The van der Waals surface area contributed by atoms with Gasteiger partial charge in [-0.3, -0.25) is 19.8 Å². The van der Waals surface area contributed by atoms with Crippen LogP contribution < -0.4 is 21.1 Å². The van der Waals surface area contributed by atoms with Crippen molar-refractivity contribution in [1.82, 2.24) is 15.5 Å². The van der Waals surface area contributed by atoms with Crippen molar-refractivity contribution in [2.75, 3.05) is 13.1 Å². The number of thiophene rings is 1. The van der Waals surface area contributed by atoms with Crippen LogP contribution in [0.25, 0.3) is 0 Å². The number of halogens is 4. The monoisotopic (exact) mass is 609 g/mol. The number of nitrogens with two attached hydrogens (primary N) is 1. The van der Waals surface area contributed by atoms with Gasteiger partial charge in [-0.05, 0) is 48.9 Å². The van der Waals surface area contributed by atoms with E-state index in [9.17, 15) is 27.6 Å². The van der Waals surface area contributed by atoms with Crippen LogP contribution in [0.1, 0.15) is 27.2 Å². The van der Waals surface area contributed by atoms with E-state index in [1.807, 2.05) is 18.2 Å². The molecule has 1 saturated heterocycles. The summed E-state index contributed by atoms with van der Waals surface area (Å²) >= 11 is 1.23. The van der Waals surface area contributed by atoms with Crippen LogP contribution in [0.15, 0.2) is 66.0 Å². The van der Waals surface area contributed by atoms with Gasteiger partial charge >= 0.3 is 6.18 Å². The van der Waals surface area contributed by atoms with Gasteiger partial charge in [0.15, 0.2) is 0 Å². The Morgan fingerprint density at radius 2 is 1.68 bits per heavy atom. The minimum absolute atomic E-state index is 0. The number of nitrogen functional groups attached to an aromatic ring is 1. The van der Waals surface area contributed by atoms with E-state index < -0.39 is 55.4 Å². The number of hydrogen-bond acceptors (Lipinski definition) is 6. The Morgan fingerprint density at radius 1 is 1.02 bits per heavy atom. The number of ether oxygens (including phenoxy) is 1. The molecule has 0 bridgehead atoms. The number of benzene rings is 2. The predicted octanol–water partition coefficient (Wildman–Crippen LogP) is 4.07. The molecule has 5 N–H and O–H groups in total. The van der Waals surface area contributed by atoms with Crippen LogP contribution >= 0.6 is 23.7 Å². The molecule has 0 aliphatic carbocycles. The summed E-state index contributed by atoms with van der Waals surface area (Å²) in [5, 5.41) is 14.0. The van der Waals surface area contributed by atoms with Crippen LogP contribution in [-0.4, -0.2) is 53.8 Å². The van der Waals surface area contributed by atoms with Crippen LogP contribution in [0.3, 0.4) is 0 Å². The van der Waals surface area contributed by atoms with Crippen molar-refractivity contribution in [3.8, 4) is 11.5 Å². The number of amides is 3. The van der Waals surface area contributed by atoms with Gasteiger partial charge in [-0.1, -0.05) is 18.2 Å². The zero-order chi connectivity index (χ0) is 28.9. The van der Waals surface area contributed by atoms with E-state index in [0.717, 1.165) is 4.90 Å². The molecular weight excluding hydrogens is 583 g/mol. The second-order valence-corrected chi connectivity index (χ2v) is 10.1. The molecule has 3 amide bonds. The molecule has 1 aliphatic rings. The Kier molecular flexibility index (Phi) is 10.4. The van der Waals surface area contributed by atoms with Crippen LogP contribution in [0.2, 0.25) is 0 Å². The lowest BCUT2D eigenvalue weighted by Gasteiger charge is -2.24. The number of nitrogens with one attached hydrogen (secondary N) is 3. The van der Waals surface area contributed by atoms with Crippen molar-refractivity contribution in [2.24, 2.45) is 11.7 Å². The highest BCUT2D eigenvalue weighted by Gasteiger charge is 2.50. The molecule has 14 heteroatoms. The average molecular weight is 610 g/mol. The Morgan fingerprint density at radius 3 is 2.29 bits per heavy atom. The minimum atomic E-state index is -4.59. The molecule has 4 rings (SSSR count). The Bertz CT molecular complexity index is 1390. The highest BCUT2D eigenvalue weighted by molar-refractivity contribution is 7.10. The third-order valence-electron chi connectivity index (χ3n) is 6.28. The second-order valence-electron chi connectivity index (χ2n) is 9.09. The van der Waals surface area contributed by atoms with E-state index in [1.165, 1.54) is 23.5 Å². The van der Waals surface area contributed by atoms with Gasteiger partial charge in [0, 0.05) is 27.9 Å². The molecule has 3 aromatic rings. The summed E-state index contributed by atoms with van der Waals surface area (Å²) in [6, 6.07) is 15.4. The molecule has 0 saturated carbocycles. The molecule has 0 radical (unpaired) electrons. The van der Waals surface area contributed by atoms with Gasteiger partial charge in [-0.15, -0.1) is 23.7 Å². The van der Waals surface area contributed by atoms with E-state index in [2.05, 4.69) is 10.6 Å². The highest BCUT2D eigenvalue weighted by atomic mass is 35.5. The summed E-state index contributed by atoms with van der Waals surface area (Å²) in [6.07, 6.45) is -5.18. The topological polar surface area (TPSA) is 138 Å². The first-order valence-corrected chi connectivity index (χ1v) is 13.1. The smallest absolute Gasteiger partial charge is 0.393 e. The van der Waals surface area contributed by atoms with E-state index in [4.69, 9.17) is 15.9 Å². The van der Waals surface area contributed by atoms with Crippen molar-refractivity contribution in [2.45, 2.75) is 25.2 Å². The lowest BCUT2D eigenvalue weighted by molar-refractivity contribution is -0.171. The van der Waals surface area contributed by atoms with Crippen molar-refractivity contribution in [3.05, 3.63) is 82.0 Å². The summed E-state index contributed by atoms with van der Waals surface area (Å²) < 4.78 is 46.1. The minimum Gasteiger partial charge on any atom is -0.457 e. The maximum absolute atomic E-state index is 13.5. The van der Waals surface area contributed by atoms with Crippen molar-refractivity contribution >= 4 is 47.3 Å². The molecule has 41 heavy (non-hydrogen) atoms. The number of para-hydroxylation sites is 1. The van der Waals surface area contributed by atoms with Gasteiger partial charge in [-0.2, -0.15) is 13.2 Å². The summed E-state index contributed by atoms with van der Waals surface area (Å²) in [5.74, 6) is -3.06. The molecule has 1 aromatic heterocycles. The molecular formula is C27H27ClF3N5O4S. The molecule has 218 valence electrons. The molecule has 1 fully saturated rings. The first kappa shape index (κ1) is 31.4. The van der Waals surface area contributed by atoms with Gasteiger partial charge in [0.05, 0.1) is 19.0 Å². The Balaban J connectivity index is 0.00000462. The molecule has 1 aliphatic heterocycles. The maximum atomic E-state index is 13.5. The molecule has 2 atom stereocenters.